The Balaban J connectivity index is 1.61. The summed E-state index contributed by atoms with van der Waals surface area (Å²) in [6.07, 6.45) is 0. The Morgan fingerprint density at radius 2 is 2.05 bits per heavy atom. The van der Waals surface area contributed by atoms with Crippen LogP contribution in [0.3, 0.4) is 0 Å². The molecule has 2 N–H and O–H groups in total. The highest BCUT2D eigenvalue weighted by Crippen LogP contribution is 2.19. The van der Waals surface area contributed by atoms with Crippen molar-refractivity contribution >= 4 is 34.3 Å². The van der Waals surface area contributed by atoms with Crippen LogP contribution >= 0.6 is 11.6 Å². The quantitative estimate of drug-likeness (QED) is 0.897. The van der Waals surface area contributed by atoms with E-state index in [9.17, 15) is 9.59 Å². The summed E-state index contributed by atoms with van der Waals surface area (Å²) in [5.41, 5.74) is 1.24. The van der Waals surface area contributed by atoms with Crippen molar-refractivity contribution in [2.24, 2.45) is 0 Å². The average molecular weight is 322 g/mol. The van der Waals surface area contributed by atoms with E-state index in [-0.39, 0.29) is 18.4 Å². The van der Waals surface area contributed by atoms with Crippen LogP contribution < -0.4 is 5.32 Å². The number of nitrogens with one attached hydrogen (secondary N) is 2. The second-order valence-electron chi connectivity index (χ2n) is 5.09. The third-order valence-electron chi connectivity index (χ3n) is 3.59. The number of carbonyl (C=O) groups is 2. The zero-order valence-corrected chi connectivity index (χ0v) is 12.7. The first kappa shape index (κ1) is 14.9. The summed E-state index contributed by atoms with van der Waals surface area (Å²) in [5.74, 6) is -0.412. The molecule has 1 aliphatic heterocycles. The van der Waals surface area contributed by atoms with Gasteiger partial charge in [0.05, 0.1) is 19.8 Å². The molecule has 1 aromatic heterocycles. The van der Waals surface area contributed by atoms with Gasteiger partial charge in [-0.05, 0) is 24.3 Å². The van der Waals surface area contributed by atoms with Gasteiger partial charge in [0, 0.05) is 29.0 Å². The van der Waals surface area contributed by atoms with Gasteiger partial charge in [-0.15, -0.1) is 0 Å². The lowest BCUT2D eigenvalue weighted by molar-refractivity contribution is -0.134. The summed E-state index contributed by atoms with van der Waals surface area (Å²) >= 11 is 5.92. The zero-order valence-electron chi connectivity index (χ0n) is 11.9. The van der Waals surface area contributed by atoms with Gasteiger partial charge in [0.2, 0.25) is 5.91 Å². The molecule has 0 unspecified atom stereocenters. The Hall–Kier alpha value is -2.05. The lowest BCUT2D eigenvalue weighted by atomic mass is 10.2. The molecule has 2 aromatic rings. The normalized spacial score (nSPS) is 15.0. The highest BCUT2D eigenvalue weighted by molar-refractivity contribution is 6.31. The number of aromatic amines is 1. The molecular weight excluding hydrogens is 306 g/mol. The van der Waals surface area contributed by atoms with Gasteiger partial charge in [-0.1, -0.05) is 11.6 Å². The van der Waals surface area contributed by atoms with E-state index in [1.807, 2.05) is 6.07 Å². The Kier molecular flexibility index (Phi) is 4.31. The summed E-state index contributed by atoms with van der Waals surface area (Å²) in [6.45, 7) is 2.21. The molecule has 1 aromatic carbocycles. The predicted octanol–water partition coefficient (Wildman–Crippen LogP) is 1.41. The van der Waals surface area contributed by atoms with Gasteiger partial charge in [-0.25, -0.2) is 0 Å². The van der Waals surface area contributed by atoms with Gasteiger partial charge in [-0.2, -0.15) is 0 Å². The van der Waals surface area contributed by atoms with Crippen LogP contribution in [0.2, 0.25) is 5.02 Å². The first-order valence-electron chi connectivity index (χ1n) is 7.05. The first-order chi connectivity index (χ1) is 10.6. The Bertz CT molecular complexity index is 707. The second kappa shape index (κ2) is 6.37. The molecule has 22 heavy (non-hydrogen) atoms. The Morgan fingerprint density at radius 1 is 1.27 bits per heavy atom. The van der Waals surface area contributed by atoms with Crippen molar-refractivity contribution in [1.82, 2.24) is 15.2 Å². The van der Waals surface area contributed by atoms with E-state index < -0.39 is 0 Å². The number of hydrogen-bond acceptors (Lipinski definition) is 3. The number of halogens is 1. The van der Waals surface area contributed by atoms with E-state index in [1.165, 1.54) is 0 Å². The zero-order chi connectivity index (χ0) is 15.5. The number of nitrogens with zero attached hydrogens (tertiary/aromatic N) is 1. The van der Waals surface area contributed by atoms with Crippen LogP contribution in [0.1, 0.15) is 10.5 Å². The SMILES string of the molecule is O=C(NCC(=O)N1CCOCC1)c1cc2cc(Cl)ccc2[nH]1. The molecule has 0 spiro atoms. The van der Waals surface area contributed by atoms with Crippen molar-refractivity contribution in [3.8, 4) is 0 Å². The van der Waals surface area contributed by atoms with Crippen molar-refractivity contribution in [2.45, 2.75) is 0 Å². The molecule has 0 aliphatic carbocycles. The first-order valence-corrected chi connectivity index (χ1v) is 7.43. The van der Waals surface area contributed by atoms with Crippen LogP contribution in [0.25, 0.3) is 10.9 Å². The molecular formula is C15H16ClN3O3. The molecule has 3 rings (SSSR count). The molecule has 2 heterocycles. The molecule has 6 nitrogen and oxygen atoms in total. The molecule has 0 saturated carbocycles. The number of amides is 2. The average Bonchev–Trinajstić information content (AvgIpc) is 2.96. The van der Waals surface area contributed by atoms with Crippen LogP contribution in [-0.2, 0) is 9.53 Å². The van der Waals surface area contributed by atoms with Gasteiger partial charge in [0.15, 0.2) is 0 Å². The van der Waals surface area contributed by atoms with Crippen LogP contribution in [0, 0.1) is 0 Å². The lowest BCUT2D eigenvalue weighted by Crippen LogP contribution is -2.45. The van der Waals surface area contributed by atoms with Crippen molar-refractivity contribution < 1.29 is 14.3 Å². The maximum Gasteiger partial charge on any atom is 0.268 e. The monoisotopic (exact) mass is 321 g/mol. The number of hydrogen-bond donors (Lipinski definition) is 2. The molecule has 0 atom stereocenters. The lowest BCUT2D eigenvalue weighted by Gasteiger charge is -2.26. The van der Waals surface area contributed by atoms with Gasteiger partial charge < -0.3 is 19.9 Å². The number of aromatic nitrogens is 1. The topological polar surface area (TPSA) is 74.4 Å². The minimum Gasteiger partial charge on any atom is -0.378 e. The number of morpholine rings is 1. The molecule has 2 amide bonds. The fraction of sp³-hybridized carbons (Fsp3) is 0.333. The van der Waals surface area contributed by atoms with Crippen molar-refractivity contribution in [2.75, 3.05) is 32.8 Å². The Labute approximate surface area is 132 Å². The van der Waals surface area contributed by atoms with E-state index in [1.54, 1.807) is 23.1 Å². The third-order valence-corrected chi connectivity index (χ3v) is 3.83. The van der Waals surface area contributed by atoms with Crippen molar-refractivity contribution in [3.63, 3.8) is 0 Å². The number of fused-ring (bicyclic) bond motifs is 1. The standard InChI is InChI=1S/C15H16ClN3O3/c16-11-1-2-12-10(7-11)8-13(18-12)15(21)17-9-14(20)19-3-5-22-6-4-19/h1-2,7-8,18H,3-6,9H2,(H,17,21). The van der Waals surface area contributed by atoms with Crippen LogP contribution in [0.4, 0.5) is 0 Å². The minimum absolute atomic E-state index is 0.0189. The van der Waals surface area contributed by atoms with Crippen LogP contribution in [0.5, 0.6) is 0 Å². The summed E-state index contributed by atoms with van der Waals surface area (Å²) in [4.78, 5) is 28.8. The molecule has 1 fully saturated rings. The van der Waals surface area contributed by atoms with Crippen molar-refractivity contribution in [1.29, 1.82) is 0 Å². The van der Waals surface area contributed by atoms with E-state index in [4.69, 9.17) is 16.3 Å². The summed E-state index contributed by atoms with van der Waals surface area (Å²) in [6, 6.07) is 7.07. The third kappa shape index (κ3) is 3.23. The largest absolute Gasteiger partial charge is 0.378 e. The number of rotatable bonds is 3. The van der Waals surface area contributed by atoms with Gasteiger partial charge >= 0.3 is 0 Å². The number of benzene rings is 1. The summed E-state index contributed by atoms with van der Waals surface area (Å²) < 4.78 is 5.19. The van der Waals surface area contributed by atoms with E-state index in [0.717, 1.165) is 10.9 Å². The summed E-state index contributed by atoms with van der Waals surface area (Å²) in [7, 11) is 0. The maximum atomic E-state index is 12.1. The number of ether oxygens (including phenoxy) is 1. The minimum atomic E-state index is -0.311. The number of carbonyl (C=O) groups excluding carboxylic acids is 2. The van der Waals surface area contributed by atoms with E-state index in [2.05, 4.69) is 10.3 Å². The maximum absolute atomic E-state index is 12.1. The van der Waals surface area contributed by atoms with Crippen molar-refractivity contribution in [3.05, 3.63) is 35.0 Å². The summed E-state index contributed by atoms with van der Waals surface area (Å²) in [5, 5.41) is 4.11. The molecule has 7 heteroatoms. The molecule has 1 saturated heterocycles. The van der Waals surface area contributed by atoms with Gasteiger partial charge in [-0.3, -0.25) is 9.59 Å². The van der Waals surface area contributed by atoms with Gasteiger partial charge in [0.25, 0.3) is 5.91 Å². The van der Waals surface area contributed by atoms with E-state index >= 15 is 0 Å². The van der Waals surface area contributed by atoms with Crippen LogP contribution in [-0.4, -0.2) is 54.5 Å². The fourth-order valence-electron chi connectivity index (χ4n) is 2.40. The Morgan fingerprint density at radius 3 is 2.82 bits per heavy atom. The highest BCUT2D eigenvalue weighted by Gasteiger charge is 2.18. The van der Waals surface area contributed by atoms with Crippen LogP contribution in [0.15, 0.2) is 24.3 Å². The number of H-pyrrole nitrogens is 1. The predicted molar refractivity (Wildman–Crippen MR) is 83.0 cm³/mol. The highest BCUT2D eigenvalue weighted by atomic mass is 35.5. The second-order valence-corrected chi connectivity index (χ2v) is 5.53. The smallest absolute Gasteiger partial charge is 0.268 e. The van der Waals surface area contributed by atoms with Gasteiger partial charge in [0.1, 0.15) is 5.69 Å². The molecule has 0 radical (unpaired) electrons. The molecule has 1 aliphatic rings. The molecule has 116 valence electrons. The molecule has 0 bridgehead atoms. The fourth-order valence-corrected chi connectivity index (χ4v) is 2.58. The van der Waals surface area contributed by atoms with E-state index in [0.29, 0.717) is 37.0 Å².